The Bertz CT molecular complexity index is 1550. The quantitative estimate of drug-likeness (QED) is 0.151. The predicted molar refractivity (Wildman–Crippen MR) is 184 cm³/mol. The van der Waals surface area contributed by atoms with E-state index in [0.29, 0.717) is 52.1 Å². The van der Waals surface area contributed by atoms with Gasteiger partial charge in [-0.3, -0.25) is 0 Å². The van der Waals surface area contributed by atoms with E-state index in [1.54, 1.807) is 0 Å². The zero-order valence-corrected chi connectivity index (χ0v) is 27.9. The van der Waals surface area contributed by atoms with Gasteiger partial charge in [-0.1, -0.05) is 88.4 Å². The molecule has 0 heterocycles. The van der Waals surface area contributed by atoms with Crippen LogP contribution < -0.4 is 18.9 Å². The number of aliphatic hydroxyl groups is 1. The minimum absolute atomic E-state index is 0.611. The Morgan fingerprint density at radius 2 is 0.783 bits per heavy atom. The van der Waals surface area contributed by atoms with Gasteiger partial charge in [0.1, 0.15) is 29.1 Å². The van der Waals surface area contributed by atoms with Gasteiger partial charge in [0.15, 0.2) is 0 Å². The molecular weight excluding hydrogens is 572 g/mol. The van der Waals surface area contributed by atoms with Gasteiger partial charge in [-0.25, -0.2) is 0 Å². The Labute approximate surface area is 274 Å². The van der Waals surface area contributed by atoms with Crippen molar-refractivity contribution in [3.05, 3.63) is 116 Å². The van der Waals surface area contributed by atoms with Crippen LogP contribution in [0, 0.1) is 0 Å². The summed E-state index contributed by atoms with van der Waals surface area (Å²) in [6.07, 6.45) is 5.58. The molecule has 6 rings (SSSR count). The number of aliphatic hydroxyl groups excluding tert-OH is 1. The van der Waals surface area contributed by atoms with Crippen LogP contribution in [0.1, 0.15) is 115 Å². The van der Waals surface area contributed by atoms with E-state index in [2.05, 4.69) is 88.4 Å². The highest BCUT2D eigenvalue weighted by molar-refractivity contribution is 5.62. The van der Waals surface area contributed by atoms with E-state index >= 15 is 0 Å². The first-order valence-corrected chi connectivity index (χ1v) is 17.3. The highest BCUT2D eigenvalue weighted by atomic mass is 16.5. The number of hydrogen-bond donors (Lipinski definition) is 1. The van der Waals surface area contributed by atoms with Crippen molar-refractivity contribution in [1.82, 2.24) is 0 Å². The highest BCUT2D eigenvalue weighted by Gasteiger charge is 2.32. The van der Waals surface area contributed by atoms with Crippen molar-refractivity contribution in [1.29, 1.82) is 0 Å². The summed E-state index contributed by atoms with van der Waals surface area (Å²) in [5, 5.41) is 11.8. The van der Waals surface area contributed by atoms with E-state index in [9.17, 15) is 5.11 Å². The van der Waals surface area contributed by atoms with Crippen LogP contribution in [0.3, 0.4) is 0 Å². The van der Waals surface area contributed by atoms with Gasteiger partial charge in [0.25, 0.3) is 0 Å². The third-order valence-electron chi connectivity index (χ3n) is 9.00. The molecule has 8 bridgehead atoms. The summed E-state index contributed by atoms with van der Waals surface area (Å²) in [4.78, 5) is 0. The summed E-state index contributed by atoms with van der Waals surface area (Å²) in [6.45, 7) is 11.1. The molecule has 0 spiro atoms. The van der Waals surface area contributed by atoms with Crippen molar-refractivity contribution >= 4 is 0 Å². The second-order valence-electron chi connectivity index (χ2n) is 12.6. The Balaban J connectivity index is 1.61. The summed E-state index contributed by atoms with van der Waals surface area (Å²) < 4.78 is 26.3. The van der Waals surface area contributed by atoms with Gasteiger partial charge < -0.3 is 24.1 Å². The first-order valence-electron chi connectivity index (χ1n) is 17.3. The average Bonchev–Trinajstić information content (AvgIpc) is 3.06. The second-order valence-corrected chi connectivity index (χ2v) is 12.6. The average molecular weight is 621 g/mol. The van der Waals surface area contributed by atoms with Crippen LogP contribution in [0.4, 0.5) is 0 Å². The number of hydrogen-bond acceptors (Lipinski definition) is 5. The molecule has 242 valence electrons. The number of rotatable bonds is 12. The smallest absolute Gasteiger partial charge is 0.126 e. The molecule has 0 amide bonds. The fourth-order valence-electron chi connectivity index (χ4n) is 6.88. The fourth-order valence-corrected chi connectivity index (χ4v) is 6.88. The lowest BCUT2D eigenvalue weighted by molar-refractivity contribution is 0.211. The van der Waals surface area contributed by atoms with E-state index < -0.39 is 6.10 Å². The molecule has 0 fully saturated rings. The van der Waals surface area contributed by atoms with Crippen molar-refractivity contribution < 1.29 is 24.1 Å². The molecule has 0 saturated carbocycles. The Morgan fingerprint density at radius 3 is 1.13 bits per heavy atom. The lowest BCUT2D eigenvalue weighted by atomic mass is 9.80. The highest BCUT2D eigenvalue weighted by Crippen LogP contribution is 2.46. The molecule has 4 aromatic rings. The molecule has 5 nitrogen and oxygen atoms in total. The van der Waals surface area contributed by atoms with Gasteiger partial charge in [0.2, 0.25) is 0 Å². The van der Waals surface area contributed by atoms with E-state index in [-0.39, 0.29) is 0 Å². The summed E-state index contributed by atoms with van der Waals surface area (Å²) in [7, 11) is 0. The van der Waals surface area contributed by atoms with Crippen LogP contribution in [-0.2, 0) is 25.7 Å². The molecule has 1 N–H and O–H groups in total. The molecule has 2 aliphatic carbocycles. The molecule has 2 aliphatic rings. The normalized spacial score (nSPS) is 13.6. The lowest BCUT2D eigenvalue weighted by Crippen LogP contribution is -2.18. The molecule has 4 aromatic carbocycles. The van der Waals surface area contributed by atoms with Gasteiger partial charge in [0.05, 0.1) is 26.4 Å². The molecule has 0 atom stereocenters. The van der Waals surface area contributed by atoms with Gasteiger partial charge >= 0.3 is 0 Å². The molecule has 0 unspecified atom stereocenters. The standard InChI is InChI=1S/C41H48O5/c1-5-19-43-38-27-11-9-13-29(38)24-31-15-17-33-35(40(31)45-21-7-3)26-36-34(37(33)42)18-16-32(41(36)46-22-8-4)25-30-14-10-12-28(23-27)39(30)44-20-6-2/h9-18,37,42H,5-8,19-26H2,1-4H3. The van der Waals surface area contributed by atoms with Crippen LogP contribution in [0.2, 0.25) is 0 Å². The van der Waals surface area contributed by atoms with Crippen LogP contribution in [0.5, 0.6) is 23.0 Å². The zero-order chi connectivity index (χ0) is 32.0. The van der Waals surface area contributed by atoms with E-state index in [4.69, 9.17) is 18.9 Å². The number of benzene rings is 4. The molecule has 46 heavy (non-hydrogen) atoms. The first-order chi connectivity index (χ1) is 22.6. The van der Waals surface area contributed by atoms with Gasteiger partial charge in [-0.15, -0.1) is 0 Å². The van der Waals surface area contributed by atoms with Crippen molar-refractivity contribution in [2.45, 2.75) is 85.2 Å². The summed E-state index contributed by atoms with van der Waals surface area (Å²) in [5.41, 5.74) is 10.7. The summed E-state index contributed by atoms with van der Waals surface area (Å²) >= 11 is 0. The van der Waals surface area contributed by atoms with Crippen molar-refractivity contribution in [3.8, 4) is 23.0 Å². The minimum atomic E-state index is -0.757. The number of ether oxygens (including phenoxy) is 4. The lowest BCUT2D eigenvalue weighted by Gasteiger charge is -2.31. The largest absolute Gasteiger partial charge is 0.493 e. The van der Waals surface area contributed by atoms with Crippen molar-refractivity contribution in [2.24, 2.45) is 0 Å². The van der Waals surface area contributed by atoms with Crippen LogP contribution in [0.25, 0.3) is 0 Å². The van der Waals surface area contributed by atoms with Crippen LogP contribution >= 0.6 is 0 Å². The molecule has 0 radical (unpaired) electrons. The minimum Gasteiger partial charge on any atom is -0.493 e. The third kappa shape index (κ3) is 6.35. The topological polar surface area (TPSA) is 57.2 Å². The third-order valence-corrected chi connectivity index (χ3v) is 9.00. The number of para-hydroxylation sites is 2. The SMILES string of the molecule is CCCOc1c2cccc1Cc1ccc3c(c1OCCC)Cc1c(ccc(c1OCCC)Cc1cccc(c1OCCC)C2)C3O. The van der Waals surface area contributed by atoms with Crippen LogP contribution in [0.15, 0.2) is 60.7 Å². The predicted octanol–water partition coefficient (Wildman–Crippen LogP) is 8.91. The summed E-state index contributed by atoms with van der Waals surface area (Å²) in [6, 6.07) is 21.5. The zero-order valence-electron chi connectivity index (χ0n) is 27.9. The Morgan fingerprint density at radius 1 is 0.457 bits per heavy atom. The Hall–Kier alpha value is -3.96. The maximum atomic E-state index is 11.8. The first kappa shape index (κ1) is 32.0. The molecule has 0 aliphatic heterocycles. The maximum Gasteiger partial charge on any atom is 0.126 e. The number of fused-ring (bicyclic) bond motifs is 6. The maximum absolute atomic E-state index is 11.8. The van der Waals surface area contributed by atoms with E-state index in [1.807, 2.05) is 0 Å². The van der Waals surface area contributed by atoms with Gasteiger partial charge in [-0.05, 0) is 70.2 Å². The fraction of sp³-hybridized carbons (Fsp3) is 0.415. The van der Waals surface area contributed by atoms with Crippen molar-refractivity contribution in [2.75, 3.05) is 26.4 Å². The molecule has 5 heteroatoms. The van der Waals surface area contributed by atoms with E-state index in [1.165, 1.54) is 0 Å². The Kier molecular flexibility index (Phi) is 10.2. The van der Waals surface area contributed by atoms with Gasteiger partial charge in [0, 0.05) is 36.8 Å². The second kappa shape index (κ2) is 14.6. The molecule has 0 aromatic heterocycles. The molecule has 0 saturated heterocycles. The van der Waals surface area contributed by atoms with Gasteiger partial charge in [-0.2, -0.15) is 0 Å². The van der Waals surface area contributed by atoms with Crippen LogP contribution in [-0.4, -0.2) is 31.5 Å². The van der Waals surface area contributed by atoms with Crippen molar-refractivity contribution in [3.63, 3.8) is 0 Å². The monoisotopic (exact) mass is 620 g/mol. The summed E-state index contributed by atoms with van der Waals surface area (Å²) in [5.74, 6) is 3.67. The molecular formula is C41H48O5. The van der Waals surface area contributed by atoms with E-state index in [0.717, 1.165) is 104 Å².